The summed E-state index contributed by atoms with van der Waals surface area (Å²) in [5.41, 5.74) is 0. The van der Waals surface area contributed by atoms with Crippen LogP contribution in [0.1, 0.15) is 290 Å². The molecule has 0 aromatic rings. The van der Waals surface area contributed by atoms with Crippen LogP contribution in [-0.4, -0.2) is 68.5 Å². The van der Waals surface area contributed by atoms with Crippen molar-refractivity contribution in [1.82, 2.24) is 5.32 Å². The molecule has 0 fully saturated rings. The van der Waals surface area contributed by atoms with E-state index >= 15 is 0 Å². The summed E-state index contributed by atoms with van der Waals surface area (Å²) in [6.07, 6.45) is 82.2. The summed E-state index contributed by atoms with van der Waals surface area (Å²) in [7, 11) is 1.28. The molecule has 0 heterocycles. The lowest BCUT2D eigenvalue weighted by molar-refractivity contribution is -0.870. The Bertz CT molecular complexity index is 1530. The Hall–Kier alpha value is -2.32. The highest BCUT2D eigenvalue weighted by Crippen LogP contribution is 2.38. The minimum Gasteiger partial charge on any atom is -0.756 e. The van der Waals surface area contributed by atoms with E-state index in [1.54, 1.807) is 0 Å². The van der Waals surface area contributed by atoms with Gasteiger partial charge in [0.15, 0.2) is 0 Å². The molecule has 0 rings (SSSR count). The number of quaternary nitrogens is 1. The van der Waals surface area contributed by atoms with E-state index in [2.05, 4.69) is 104 Å². The van der Waals surface area contributed by atoms with E-state index in [-0.39, 0.29) is 19.1 Å². The van der Waals surface area contributed by atoms with E-state index in [1.807, 2.05) is 21.1 Å². The monoisotopic (exact) mass is 1100 g/mol. The van der Waals surface area contributed by atoms with Crippen LogP contribution in [-0.2, 0) is 18.4 Å². The molecular weight excluding hydrogens is 972 g/mol. The van der Waals surface area contributed by atoms with Gasteiger partial charge in [0.25, 0.3) is 7.82 Å². The number of allylic oxidation sites excluding steroid dienone is 14. The molecule has 0 spiro atoms. The third-order valence-electron chi connectivity index (χ3n) is 14.4. The molecule has 0 aliphatic carbocycles. The topological polar surface area (TPSA) is 108 Å². The first-order valence-corrected chi connectivity index (χ1v) is 33.9. The Morgan fingerprint density at radius 3 is 1.14 bits per heavy atom. The Kier molecular flexibility index (Phi) is 56.6. The average molecular weight is 1100 g/mol. The van der Waals surface area contributed by atoms with E-state index in [4.69, 9.17) is 9.05 Å². The molecule has 0 radical (unpaired) electrons. The highest BCUT2D eigenvalue weighted by atomic mass is 31.2. The van der Waals surface area contributed by atoms with Crippen molar-refractivity contribution < 1.29 is 32.9 Å². The van der Waals surface area contributed by atoms with Gasteiger partial charge in [0.1, 0.15) is 13.2 Å². The minimum atomic E-state index is -4.59. The van der Waals surface area contributed by atoms with Gasteiger partial charge in [-0.05, 0) is 70.6 Å². The van der Waals surface area contributed by atoms with E-state index in [0.717, 1.165) is 89.9 Å². The molecule has 448 valence electrons. The van der Waals surface area contributed by atoms with Crippen molar-refractivity contribution in [3.8, 4) is 0 Å². The van der Waals surface area contributed by atoms with Crippen molar-refractivity contribution in [2.45, 2.75) is 302 Å². The van der Waals surface area contributed by atoms with Gasteiger partial charge < -0.3 is 28.8 Å². The summed E-state index contributed by atoms with van der Waals surface area (Å²) in [6, 6.07) is -0.826. The van der Waals surface area contributed by atoms with Crippen LogP contribution >= 0.6 is 7.82 Å². The number of amides is 1. The molecule has 0 bridgehead atoms. The number of phosphoric acid groups is 1. The van der Waals surface area contributed by atoms with Crippen molar-refractivity contribution in [3.05, 3.63) is 85.1 Å². The second-order valence-corrected chi connectivity index (χ2v) is 24.5. The Balaban J connectivity index is 4.16. The second-order valence-electron chi connectivity index (χ2n) is 23.1. The minimum absolute atomic E-state index is 0.00121. The van der Waals surface area contributed by atoms with Gasteiger partial charge in [0.05, 0.1) is 39.9 Å². The van der Waals surface area contributed by atoms with Crippen LogP contribution < -0.4 is 10.2 Å². The van der Waals surface area contributed by atoms with Gasteiger partial charge in [-0.1, -0.05) is 298 Å². The quantitative estimate of drug-likeness (QED) is 0.0272. The second kappa shape index (κ2) is 58.3. The lowest BCUT2D eigenvalue weighted by Crippen LogP contribution is -2.46. The molecule has 0 aliphatic heterocycles. The highest BCUT2D eigenvalue weighted by molar-refractivity contribution is 7.45. The summed E-state index contributed by atoms with van der Waals surface area (Å²) in [5.74, 6) is -0.196. The van der Waals surface area contributed by atoms with Crippen molar-refractivity contribution >= 4 is 13.7 Å². The predicted octanol–water partition coefficient (Wildman–Crippen LogP) is 19.7. The smallest absolute Gasteiger partial charge is 0.268 e. The molecule has 9 heteroatoms. The van der Waals surface area contributed by atoms with Crippen LogP contribution in [0.25, 0.3) is 0 Å². The normalized spacial score (nSPS) is 14.3. The number of phosphoric ester groups is 1. The number of carbonyl (C=O) groups excluding carboxylic acids is 1. The zero-order chi connectivity index (χ0) is 56.3. The highest BCUT2D eigenvalue weighted by Gasteiger charge is 2.24. The summed E-state index contributed by atoms with van der Waals surface area (Å²) in [4.78, 5) is 25.6. The van der Waals surface area contributed by atoms with E-state index < -0.39 is 20.0 Å². The first-order valence-electron chi connectivity index (χ1n) is 32.4. The van der Waals surface area contributed by atoms with Gasteiger partial charge in [-0.25, -0.2) is 0 Å². The van der Waals surface area contributed by atoms with Crippen LogP contribution in [0.4, 0.5) is 0 Å². The molecule has 8 nitrogen and oxygen atoms in total. The molecule has 1 amide bonds. The van der Waals surface area contributed by atoms with Crippen LogP contribution in [0.5, 0.6) is 0 Å². The van der Waals surface area contributed by atoms with Crippen molar-refractivity contribution in [2.75, 3.05) is 40.9 Å². The van der Waals surface area contributed by atoms with Gasteiger partial charge in [0.2, 0.25) is 5.91 Å². The van der Waals surface area contributed by atoms with Crippen molar-refractivity contribution in [2.24, 2.45) is 0 Å². The molecule has 0 aromatic heterocycles. The van der Waals surface area contributed by atoms with E-state index in [1.165, 1.54) is 173 Å². The Morgan fingerprint density at radius 1 is 0.468 bits per heavy atom. The summed E-state index contributed by atoms with van der Waals surface area (Å²) in [6.45, 7) is 4.60. The number of hydrogen-bond donors (Lipinski definition) is 2. The fourth-order valence-electron chi connectivity index (χ4n) is 9.38. The fourth-order valence-corrected chi connectivity index (χ4v) is 10.1. The third-order valence-corrected chi connectivity index (χ3v) is 15.4. The molecule has 2 N–H and O–H groups in total. The number of hydrogen-bond acceptors (Lipinski definition) is 6. The molecule has 0 saturated heterocycles. The summed E-state index contributed by atoms with van der Waals surface area (Å²) < 4.78 is 23.5. The largest absolute Gasteiger partial charge is 0.756 e. The number of aliphatic hydroxyl groups is 1. The van der Waals surface area contributed by atoms with Crippen LogP contribution in [0.3, 0.4) is 0 Å². The van der Waals surface area contributed by atoms with Gasteiger partial charge in [-0.15, -0.1) is 0 Å². The third kappa shape index (κ3) is 61.2. The number of likely N-dealkylation sites (N-methyl/N-ethyl adjacent to an activating group) is 1. The summed E-state index contributed by atoms with van der Waals surface area (Å²) in [5, 5.41) is 14.0. The fraction of sp³-hybridized carbons (Fsp3) is 0.779. The number of nitrogens with one attached hydrogen (secondary N) is 1. The molecule has 77 heavy (non-hydrogen) atoms. The van der Waals surface area contributed by atoms with Gasteiger partial charge in [0, 0.05) is 6.42 Å². The Morgan fingerprint density at radius 2 is 0.792 bits per heavy atom. The van der Waals surface area contributed by atoms with E-state index in [0.29, 0.717) is 23.9 Å². The molecule has 3 unspecified atom stereocenters. The van der Waals surface area contributed by atoms with Crippen LogP contribution in [0.15, 0.2) is 85.1 Å². The van der Waals surface area contributed by atoms with Gasteiger partial charge >= 0.3 is 0 Å². The first kappa shape index (κ1) is 74.7. The number of rotatable bonds is 59. The first-order chi connectivity index (χ1) is 37.5. The SMILES string of the molecule is CC/C=C\C/C=C\C/C=C\C/C=C\C/C=C\C/C=C\C/C=C\CCCCCC(=O)NC(COP(=O)([O-])OCC[N+](C)(C)C)C(O)CCCCCCCCCCCCCCCCCCCCCCCCCCCCCCCC. The number of carbonyl (C=O) groups is 1. The maximum absolute atomic E-state index is 13.0. The molecule has 0 aromatic carbocycles. The van der Waals surface area contributed by atoms with Crippen LogP contribution in [0, 0.1) is 0 Å². The maximum atomic E-state index is 13.0. The predicted molar refractivity (Wildman–Crippen MR) is 334 cm³/mol. The zero-order valence-electron chi connectivity index (χ0n) is 51.1. The van der Waals surface area contributed by atoms with E-state index in [9.17, 15) is 19.4 Å². The maximum Gasteiger partial charge on any atom is 0.268 e. The molecule has 0 saturated carbocycles. The molecule has 0 aliphatic rings. The van der Waals surface area contributed by atoms with Crippen LogP contribution in [0.2, 0.25) is 0 Å². The molecule has 3 atom stereocenters. The van der Waals surface area contributed by atoms with Gasteiger partial charge in [-0.3, -0.25) is 9.36 Å². The number of unbranched alkanes of at least 4 members (excludes halogenated alkanes) is 32. The zero-order valence-corrected chi connectivity index (χ0v) is 52.0. The molecular formula is C68H125N2O6P. The number of aliphatic hydroxyl groups excluding tert-OH is 1. The average Bonchev–Trinajstić information content (AvgIpc) is 3.39. The lowest BCUT2D eigenvalue weighted by Gasteiger charge is -2.30. The number of nitrogens with zero attached hydrogens (tertiary/aromatic N) is 1. The summed E-state index contributed by atoms with van der Waals surface area (Å²) >= 11 is 0. The Labute approximate surface area is 477 Å². The van der Waals surface area contributed by atoms with Crippen molar-refractivity contribution in [1.29, 1.82) is 0 Å². The van der Waals surface area contributed by atoms with Crippen molar-refractivity contribution in [3.63, 3.8) is 0 Å². The van der Waals surface area contributed by atoms with Gasteiger partial charge in [-0.2, -0.15) is 0 Å². The lowest BCUT2D eigenvalue weighted by atomic mass is 10.0. The standard InChI is InChI=1S/C68H125N2O6P/c1-6-8-10-12-14-16-18-20-22-24-26-28-30-32-33-34-35-36-38-39-41-43-45-47-49-51-53-55-57-59-61-67(71)66(65-76-77(73,74)75-64-63-70(3,4)5)69-68(72)62-60-58-56-54-52-50-48-46-44-42-40-37-31-29-27-25-23-21-19-17-15-13-11-9-7-2/h9,11,15,17,21,23,27,29,37,40,44,46,50,52,66-67,71H,6-8,10,12-14,16,18-20,22,24-26,28,30-36,38-39,41-43,45,47-49,51,53-65H2,1-5H3,(H-,69,72,73,74)/b11-9-,17-15-,23-21-,29-27-,40-37-,46-44-,52-50-.